The maximum atomic E-state index is 11.6. The van der Waals surface area contributed by atoms with Crippen LogP contribution in [0.2, 0.25) is 0 Å². The van der Waals surface area contributed by atoms with Crippen LogP contribution in [0.4, 0.5) is 0 Å². The molecule has 0 aromatic carbocycles. The van der Waals surface area contributed by atoms with E-state index in [0.717, 1.165) is 5.56 Å². The fourth-order valence-electron chi connectivity index (χ4n) is 1.56. The Bertz CT molecular complexity index is 673. The molecule has 20 heavy (non-hydrogen) atoms. The lowest BCUT2D eigenvalue weighted by Crippen LogP contribution is -2.07. The Labute approximate surface area is 118 Å². The highest BCUT2D eigenvalue weighted by molar-refractivity contribution is 7.07. The molecule has 0 aliphatic heterocycles. The van der Waals surface area contributed by atoms with Gasteiger partial charge in [0, 0.05) is 0 Å². The van der Waals surface area contributed by atoms with Gasteiger partial charge in [-0.05, 0) is 34.5 Å². The molecule has 0 fully saturated rings. The van der Waals surface area contributed by atoms with E-state index >= 15 is 0 Å². The van der Waals surface area contributed by atoms with E-state index in [4.69, 9.17) is 13.6 Å². The van der Waals surface area contributed by atoms with E-state index in [1.54, 1.807) is 12.1 Å². The Balaban J connectivity index is 1.55. The highest BCUT2D eigenvalue weighted by Crippen LogP contribution is 2.18. The minimum absolute atomic E-state index is 0.0450. The number of furan rings is 1. The van der Waals surface area contributed by atoms with Gasteiger partial charge in [-0.2, -0.15) is 11.3 Å². The van der Waals surface area contributed by atoms with Crippen LogP contribution in [0.25, 0.3) is 11.7 Å². The average molecular weight is 290 g/mol. The largest absolute Gasteiger partial charge is 0.459 e. The van der Waals surface area contributed by atoms with Crippen molar-refractivity contribution in [2.24, 2.45) is 0 Å². The lowest BCUT2D eigenvalue weighted by Gasteiger charge is -2.00. The number of ether oxygens (including phenoxy) is 1. The van der Waals surface area contributed by atoms with Crippen LogP contribution in [0, 0.1) is 0 Å². The summed E-state index contributed by atoms with van der Waals surface area (Å²) < 4.78 is 15.5. The molecular formula is C13H10N2O4S. The Kier molecular flexibility index (Phi) is 3.60. The van der Waals surface area contributed by atoms with Crippen molar-refractivity contribution in [1.82, 2.24) is 10.2 Å². The van der Waals surface area contributed by atoms with E-state index in [2.05, 4.69) is 10.2 Å². The van der Waals surface area contributed by atoms with Gasteiger partial charge in [0.05, 0.1) is 12.7 Å². The summed E-state index contributed by atoms with van der Waals surface area (Å²) in [5, 5.41) is 11.4. The van der Waals surface area contributed by atoms with Gasteiger partial charge in [0.1, 0.15) is 0 Å². The van der Waals surface area contributed by atoms with E-state index in [0.29, 0.717) is 5.76 Å². The summed E-state index contributed by atoms with van der Waals surface area (Å²) in [6.45, 7) is -0.0450. The number of carbonyl (C=O) groups is 1. The van der Waals surface area contributed by atoms with E-state index in [9.17, 15) is 4.79 Å². The molecule has 0 saturated carbocycles. The minimum Gasteiger partial charge on any atom is -0.459 e. The Hall–Kier alpha value is -2.41. The molecule has 0 atom stereocenters. The smallest absolute Gasteiger partial charge is 0.310 e. The zero-order valence-corrected chi connectivity index (χ0v) is 11.1. The Morgan fingerprint density at radius 3 is 3.05 bits per heavy atom. The van der Waals surface area contributed by atoms with E-state index in [1.165, 1.54) is 17.6 Å². The number of carbonyl (C=O) groups excluding carboxylic acids is 1. The van der Waals surface area contributed by atoms with Crippen LogP contribution in [0.3, 0.4) is 0 Å². The van der Waals surface area contributed by atoms with Gasteiger partial charge in [-0.15, -0.1) is 10.2 Å². The number of thiophene rings is 1. The summed E-state index contributed by atoms with van der Waals surface area (Å²) in [6.07, 6.45) is 1.75. The van der Waals surface area contributed by atoms with Crippen LogP contribution < -0.4 is 0 Å². The zero-order chi connectivity index (χ0) is 13.8. The predicted molar refractivity (Wildman–Crippen MR) is 69.8 cm³/mol. The van der Waals surface area contributed by atoms with Crippen molar-refractivity contribution >= 4 is 17.3 Å². The Morgan fingerprint density at radius 1 is 1.35 bits per heavy atom. The number of hydrogen-bond donors (Lipinski definition) is 0. The molecule has 0 spiro atoms. The first-order valence-electron chi connectivity index (χ1n) is 5.84. The monoisotopic (exact) mass is 290 g/mol. The van der Waals surface area contributed by atoms with Crippen LogP contribution in [-0.2, 0) is 22.6 Å². The van der Waals surface area contributed by atoms with Gasteiger partial charge in [-0.1, -0.05) is 0 Å². The molecule has 0 aliphatic rings. The molecule has 3 aromatic rings. The molecule has 0 bridgehead atoms. The molecule has 6 nitrogen and oxygen atoms in total. The number of esters is 1. The normalized spacial score (nSPS) is 10.6. The number of aromatic nitrogens is 2. The molecule has 7 heteroatoms. The van der Waals surface area contributed by atoms with Gasteiger partial charge in [0.15, 0.2) is 12.4 Å². The molecular weight excluding hydrogens is 280 g/mol. The first-order chi connectivity index (χ1) is 9.81. The van der Waals surface area contributed by atoms with Crippen molar-refractivity contribution in [3.05, 3.63) is 46.7 Å². The van der Waals surface area contributed by atoms with Gasteiger partial charge in [0.2, 0.25) is 0 Å². The second-order valence-corrected chi connectivity index (χ2v) is 4.73. The maximum absolute atomic E-state index is 11.6. The van der Waals surface area contributed by atoms with Gasteiger partial charge < -0.3 is 13.6 Å². The molecule has 102 valence electrons. The molecule has 0 N–H and O–H groups in total. The summed E-state index contributed by atoms with van der Waals surface area (Å²) >= 11 is 1.54. The van der Waals surface area contributed by atoms with Crippen molar-refractivity contribution in [2.45, 2.75) is 13.0 Å². The summed E-state index contributed by atoms with van der Waals surface area (Å²) in [6, 6.07) is 5.31. The first kappa shape index (κ1) is 12.6. The van der Waals surface area contributed by atoms with E-state index in [-0.39, 0.29) is 30.8 Å². The predicted octanol–water partition coefficient (Wildman–Crippen LogP) is 2.68. The van der Waals surface area contributed by atoms with Crippen molar-refractivity contribution in [3.63, 3.8) is 0 Å². The van der Waals surface area contributed by atoms with Gasteiger partial charge in [-0.3, -0.25) is 4.79 Å². The van der Waals surface area contributed by atoms with Crippen molar-refractivity contribution in [2.75, 3.05) is 0 Å². The van der Waals surface area contributed by atoms with Gasteiger partial charge >= 0.3 is 5.97 Å². The molecule has 3 aromatic heterocycles. The molecule has 0 unspecified atom stereocenters. The summed E-state index contributed by atoms with van der Waals surface area (Å²) in [5.41, 5.74) is 0.932. The van der Waals surface area contributed by atoms with E-state index < -0.39 is 0 Å². The highest BCUT2D eigenvalue weighted by Gasteiger charge is 2.12. The molecule has 0 aliphatic carbocycles. The molecule has 0 amide bonds. The van der Waals surface area contributed by atoms with Crippen molar-refractivity contribution < 1.29 is 18.4 Å². The van der Waals surface area contributed by atoms with Crippen LogP contribution >= 0.6 is 11.3 Å². The van der Waals surface area contributed by atoms with Crippen molar-refractivity contribution in [1.29, 1.82) is 0 Å². The lowest BCUT2D eigenvalue weighted by molar-refractivity contribution is -0.144. The van der Waals surface area contributed by atoms with Gasteiger partial charge in [0.25, 0.3) is 11.8 Å². The summed E-state index contributed by atoms with van der Waals surface area (Å²) in [7, 11) is 0. The fraction of sp³-hybridized carbons (Fsp3) is 0.154. The molecule has 0 radical (unpaired) electrons. The topological polar surface area (TPSA) is 78.4 Å². The zero-order valence-electron chi connectivity index (χ0n) is 10.3. The number of hydrogen-bond acceptors (Lipinski definition) is 7. The fourth-order valence-corrected chi connectivity index (χ4v) is 2.23. The van der Waals surface area contributed by atoms with Crippen LogP contribution in [0.1, 0.15) is 11.5 Å². The van der Waals surface area contributed by atoms with E-state index in [1.807, 2.05) is 16.8 Å². The number of nitrogens with zero attached hydrogens (tertiary/aromatic N) is 2. The molecule has 0 saturated heterocycles. The third-order valence-electron chi connectivity index (χ3n) is 2.48. The lowest BCUT2D eigenvalue weighted by atomic mass is 10.2. The molecule has 3 heterocycles. The quantitative estimate of drug-likeness (QED) is 0.672. The third-order valence-corrected chi connectivity index (χ3v) is 3.22. The van der Waals surface area contributed by atoms with Gasteiger partial charge in [-0.25, -0.2) is 0 Å². The summed E-state index contributed by atoms with van der Waals surface area (Å²) in [5.74, 6) is 0.642. The number of rotatable bonds is 5. The minimum atomic E-state index is -0.332. The molecule has 3 rings (SSSR count). The highest BCUT2D eigenvalue weighted by atomic mass is 32.1. The van der Waals surface area contributed by atoms with Crippen molar-refractivity contribution in [3.8, 4) is 11.7 Å². The average Bonchev–Trinajstić information content (AvgIpc) is 3.18. The SMILES string of the molecule is O=C(Cc1ccsc1)OCc1nnc(-c2ccco2)o1. The second-order valence-electron chi connectivity index (χ2n) is 3.95. The van der Waals surface area contributed by atoms with Crippen LogP contribution in [0.5, 0.6) is 0 Å². The van der Waals surface area contributed by atoms with Crippen LogP contribution in [0.15, 0.2) is 44.1 Å². The Morgan fingerprint density at radius 2 is 2.30 bits per heavy atom. The first-order valence-corrected chi connectivity index (χ1v) is 6.78. The second kappa shape index (κ2) is 5.70. The summed E-state index contributed by atoms with van der Waals surface area (Å²) in [4.78, 5) is 11.6. The standard InChI is InChI=1S/C13H10N2O4S/c16-12(6-9-3-5-20-8-9)18-7-11-14-15-13(19-11)10-2-1-4-17-10/h1-5,8H,6-7H2. The third kappa shape index (κ3) is 2.94. The van der Waals surface area contributed by atoms with Crippen LogP contribution in [-0.4, -0.2) is 16.2 Å². The maximum Gasteiger partial charge on any atom is 0.310 e.